The summed E-state index contributed by atoms with van der Waals surface area (Å²) in [5, 5.41) is 5.87. The molecule has 3 aliphatic rings. The lowest BCUT2D eigenvalue weighted by Crippen LogP contribution is -2.55. The maximum atomic E-state index is 12.5. The summed E-state index contributed by atoms with van der Waals surface area (Å²) in [7, 11) is 0. The smallest absolute Gasteiger partial charge is 0.408 e. The van der Waals surface area contributed by atoms with E-state index in [1.54, 1.807) is 0 Å². The van der Waals surface area contributed by atoms with Crippen molar-refractivity contribution >= 4 is 18.2 Å². The van der Waals surface area contributed by atoms with Crippen LogP contribution in [-0.4, -0.2) is 62.1 Å². The molecule has 0 saturated carbocycles. The Hall–Kier alpha value is -2.48. The first kappa shape index (κ1) is 21.7. The monoisotopic (exact) mass is 431 g/mol. The molecule has 0 radical (unpaired) electrons. The van der Waals surface area contributed by atoms with Crippen LogP contribution < -0.4 is 20.3 Å². The number of anilines is 1. The molecule has 1 aromatic carbocycles. The van der Waals surface area contributed by atoms with Crippen molar-refractivity contribution in [2.45, 2.75) is 63.8 Å². The average molecular weight is 432 g/mol. The number of carbonyl (C=O) groups is 2. The fourth-order valence-corrected chi connectivity index (χ4v) is 4.88. The highest BCUT2D eigenvalue weighted by Crippen LogP contribution is 2.42. The zero-order valence-electron chi connectivity index (χ0n) is 18.8. The van der Waals surface area contributed by atoms with Gasteiger partial charge in [-0.25, -0.2) is 4.79 Å². The Morgan fingerprint density at radius 2 is 2.16 bits per heavy atom. The standard InChI is InChI=1S/C23H33N3O5/c1-15-7-8-30-23(15)13-26(11-20(23)25-21(28)31-22(2,3)4)18-6-5-16-9-17(24-14-27)12-29-19(16)10-18/h5-6,10,14-15,17,20H,7-9,11-13H2,1-4H3,(H,24,27)(H,25,28). The van der Waals surface area contributed by atoms with Gasteiger partial charge in [0.2, 0.25) is 6.41 Å². The fourth-order valence-electron chi connectivity index (χ4n) is 4.88. The summed E-state index contributed by atoms with van der Waals surface area (Å²) in [6, 6.07) is 6.02. The van der Waals surface area contributed by atoms with E-state index in [1.807, 2.05) is 20.8 Å². The third-order valence-corrected chi connectivity index (χ3v) is 6.50. The predicted molar refractivity (Wildman–Crippen MR) is 116 cm³/mol. The summed E-state index contributed by atoms with van der Waals surface area (Å²) in [5.74, 6) is 1.17. The molecule has 4 unspecified atom stereocenters. The van der Waals surface area contributed by atoms with Crippen LogP contribution in [0.25, 0.3) is 0 Å². The molecule has 4 atom stereocenters. The number of hydrogen-bond acceptors (Lipinski definition) is 6. The van der Waals surface area contributed by atoms with E-state index >= 15 is 0 Å². The van der Waals surface area contributed by atoms with Crippen LogP contribution in [0.5, 0.6) is 5.75 Å². The lowest BCUT2D eigenvalue weighted by atomic mass is 9.85. The molecule has 2 saturated heterocycles. The molecular weight excluding hydrogens is 398 g/mol. The summed E-state index contributed by atoms with van der Waals surface area (Å²) in [6.45, 7) is 10.3. The third kappa shape index (κ3) is 4.44. The second-order valence-electron chi connectivity index (χ2n) is 9.86. The van der Waals surface area contributed by atoms with Gasteiger partial charge in [-0.2, -0.15) is 0 Å². The van der Waals surface area contributed by atoms with E-state index in [0.717, 1.165) is 36.3 Å². The van der Waals surface area contributed by atoms with Gasteiger partial charge >= 0.3 is 6.09 Å². The number of nitrogens with one attached hydrogen (secondary N) is 2. The van der Waals surface area contributed by atoms with Gasteiger partial charge in [0.15, 0.2) is 0 Å². The average Bonchev–Trinajstić information content (AvgIpc) is 3.24. The first-order valence-corrected chi connectivity index (χ1v) is 11.0. The first-order chi connectivity index (χ1) is 14.7. The lowest BCUT2D eigenvalue weighted by Gasteiger charge is -2.34. The predicted octanol–water partition coefficient (Wildman–Crippen LogP) is 2.24. The van der Waals surface area contributed by atoms with Crippen LogP contribution in [0, 0.1) is 5.92 Å². The fraction of sp³-hybridized carbons (Fsp3) is 0.652. The number of benzene rings is 1. The van der Waals surface area contributed by atoms with E-state index in [0.29, 0.717) is 32.2 Å². The largest absolute Gasteiger partial charge is 0.491 e. The Balaban J connectivity index is 1.52. The highest BCUT2D eigenvalue weighted by molar-refractivity contribution is 5.69. The van der Waals surface area contributed by atoms with E-state index in [4.69, 9.17) is 14.2 Å². The number of carbonyl (C=O) groups excluding carboxylic acids is 2. The van der Waals surface area contributed by atoms with Gasteiger partial charge in [-0.05, 0) is 51.2 Å². The Morgan fingerprint density at radius 1 is 1.35 bits per heavy atom. The van der Waals surface area contributed by atoms with Gasteiger partial charge < -0.3 is 29.7 Å². The summed E-state index contributed by atoms with van der Waals surface area (Å²) >= 11 is 0. The first-order valence-electron chi connectivity index (χ1n) is 11.0. The number of hydrogen-bond donors (Lipinski definition) is 2. The normalized spacial score (nSPS) is 29.9. The molecule has 170 valence electrons. The van der Waals surface area contributed by atoms with Crippen molar-refractivity contribution in [3.63, 3.8) is 0 Å². The molecule has 2 amide bonds. The van der Waals surface area contributed by atoms with Crippen molar-refractivity contribution in [3.8, 4) is 5.75 Å². The topological polar surface area (TPSA) is 89.1 Å². The minimum Gasteiger partial charge on any atom is -0.491 e. The SMILES string of the molecule is CC1CCOC12CN(c1ccc3c(c1)OCC(NC=O)C3)CC2NC(=O)OC(C)(C)C. The highest BCUT2D eigenvalue weighted by atomic mass is 16.6. The summed E-state index contributed by atoms with van der Waals surface area (Å²) in [6.07, 6.45) is 2.03. The lowest BCUT2D eigenvalue weighted by molar-refractivity contribution is -0.110. The molecule has 4 rings (SSSR count). The third-order valence-electron chi connectivity index (χ3n) is 6.50. The zero-order valence-corrected chi connectivity index (χ0v) is 18.8. The van der Waals surface area contributed by atoms with Gasteiger partial charge in [0.05, 0.1) is 12.1 Å². The van der Waals surface area contributed by atoms with E-state index in [2.05, 4.69) is 40.7 Å². The highest BCUT2D eigenvalue weighted by Gasteiger charge is 2.55. The Labute approximate surface area is 183 Å². The van der Waals surface area contributed by atoms with E-state index in [9.17, 15) is 9.59 Å². The molecule has 0 aromatic heterocycles. The minimum absolute atomic E-state index is 0.000976. The van der Waals surface area contributed by atoms with Gasteiger partial charge in [-0.1, -0.05) is 13.0 Å². The summed E-state index contributed by atoms with van der Waals surface area (Å²) < 4.78 is 17.7. The number of fused-ring (bicyclic) bond motifs is 1. The minimum atomic E-state index is -0.552. The Bertz CT molecular complexity index is 839. The van der Waals surface area contributed by atoms with Crippen molar-refractivity contribution in [2.24, 2.45) is 5.92 Å². The van der Waals surface area contributed by atoms with Crippen molar-refractivity contribution < 1.29 is 23.8 Å². The molecule has 0 aliphatic carbocycles. The molecule has 0 bridgehead atoms. The van der Waals surface area contributed by atoms with Crippen molar-refractivity contribution in [3.05, 3.63) is 23.8 Å². The molecular formula is C23H33N3O5. The van der Waals surface area contributed by atoms with E-state index < -0.39 is 17.3 Å². The van der Waals surface area contributed by atoms with Crippen LogP contribution in [-0.2, 0) is 20.7 Å². The van der Waals surface area contributed by atoms with E-state index in [1.165, 1.54) is 0 Å². The summed E-state index contributed by atoms with van der Waals surface area (Å²) in [4.78, 5) is 25.5. The molecule has 8 nitrogen and oxygen atoms in total. The maximum Gasteiger partial charge on any atom is 0.408 e. The van der Waals surface area contributed by atoms with Gasteiger partial charge in [0.25, 0.3) is 0 Å². The van der Waals surface area contributed by atoms with Crippen molar-refractivity contribution in [1.29, 1.82) is 0 Å². The molecule has 2 fully saturated rings. The Morgan fingerprint density at radius 3 is 2.84 bits per heavy atom. The molecule has 1 spiro atoms. The van der Waals surface area contributed by atoms with Crippen LogP contribution >= 0.6 is 0 Å². The molecule has 31 heavy (non-hydrogen) atoms. The van der Waals surface area contributed by atoms with Crippen LogP contribution in [0.3, 0.4) is 0 Å². The van der Waals surface area contributed by atoms with E-state index in [-0.39, 0.29) is 12.1 Å². The quantitative estimate of drug-likeness (QED) is 0.711. The van der Waals surface area contributed by atoms with Gasteiger partial charge in [-0.3, -0.25) is 4.79 Å². The number of amides is 2. The van der Waals surface area contributed by atoms with Crippen molar-refractivity contribution in [1.82, 2.24) is 10.6 Å². The second-order valence-corrected chi connectivity index (χ2v) is 9.86. The van der Waals surface area contributed by atoms with Gasteiger partial charge in [0.1, 0.15) is 23.6 Å². The second kappa shape index (κ2) is 8.22. The van der Waals surface area contributed by atoms with Crippen LogP contribution in [0.2, 0.25) is 0 Å². The van der Waals surface area contributed by atoms with Gasteiger partial charge in [0, 0.05) is 31.5 Å². The van der Waals surface area contributed by atoms with Crippen LogP contribution in [0.1, 0.15) is 39.7 Å². The number of alkyl carbamates (subject to hydrolysis) is 1. The summed E-state index contributed by atoms with van der Waals surface area (Å²) in [5.41, 5.74) is 1.13. The molecule has 3 aliphatic heterocycles. The van der Waals surface area contributed by atoms with Gasteiger partial charge in [-0.15, -0.1) is 0 Å². The molecule has 1 aromatic rings. The van der Waals surface area contributed by atoms with Crippen LogP contribution in [0.4, 0.5) is 10.5 Å². The Kier molecular flexibility index (Phi) is 5.77. The number of rotatable bonds is 4. The van der Waals surface area contributed by atoms with Crippen molar-refractivity contribution in [2.75, 3.05) is 31.2 Å². The van der Waals surface area contributed by atoms with Crippen LogP contribution in [0.15, 0.2) is 18.2 Å². The number of ether oxygens (including phenoxy) is 3. The molecule has 8 heteroatoms. The molecule has 3 heterocycles. The zero-order chi connectivity index (χ0) is 22.2. The molecule has 2 N–H and O–H groups in total. The maximum absolute atomic E-state index is 12.5. The number of nitrogens with zero attached hydrogens (tertiary/aromatic N) is 1.